The van der Waals surface area contributed by atoms with Gasteiger partial charge in [-0.25, -0.2) is 4.98 Å². The summed E-state index contributed by atoms with van der Waals surface area (Å²) in [4.78, 5) is 28.0. The third-order valence-electron chi connectivity index (χ3n) is 4.81. The fourth-order valence-electron chi connectivity index (χ4n) is 3.39. The summed E-state index contributed by atoms with van der Waals surface area (Å²) in [5.74, 6) is 4.08. The Kier molecular flexibility index (Phi) is 5.77. The number of rotatable bonds is 5. The molecule has 0 saturated carbocycles. The molecule has 1 amide bonds. The van der Waals surface area contributed by atoms with E-state index in [-0.39, 0.29) is 12.5 Å². The Morgan fingerprint density at radius 3 is 2.42 bits per heavy atom. The topological polar surface area (TPSA) is 84.2 Å². The third kappa shape index (κ3) is 4.80. The summed E-state index contributed by atoms with van der Waals surface area (Å²) >= 11 is 0. The first kappa shape index (κ1) is 19.9. The van der Waals surface area contributed by atoms with Gasteiger partial charge in [-0.1, -0.05) is 54.5 Å². The highest BCUT2D eigenvalue weighted by molar-refractivity contribution is 6.05. The van der Waals surface area contributed by atoms with Crippen molar-refractivity contribution in [1.82, 2.24) is 9.55 Å². The van der Waals surface area contributed by atoms with E-state index < -0.39 is 11.9 Å². The van der Waals surface area contributed by atoms with Crippen molar-refractivity contribution in [3.63, 3.8) is 0 Å². The van der Waals surface area contributed by atoms with Crippen LogP contribution in [0.3, 0.4) is 0 Å². The van der Waals surface area contributed by atoms with Crippen LogP contribution in [0.5, 0.6) is 0 Å². The summed E-state index contributed by atoms with van der Waals surface area (Å²) in [7, 11) is 0. The second kappa shape index (κ2) is 8.97. The fraction of sp³-hybridized carbons (Fsp3) is 0.0800. The van der Waals surface area contributed by atoms with Crippen LogP contribution in [-0.4, -0.2) is 26.5 Å². The maximum atomic E-state index is 12.2. The first-order valence-corrected chi connectivity index (χ1v) is 9.71. The molecular weight excluding hydrogens is 390 g/mol. The zero-order valence-electron chi connectivity index (χ0n) is 16.5. The van der Waals surface area contributed by atoms with Gasteiger partial charge >= 0.3 is 11.9 Å². The van der Waals surface area contributed by atoms with E-state index in [0.29, 0.717) is 11.2 Å². The van der Waals surface area contributed by atoms with Crippen LogP contribution < -0.4 is 5.32 Å². The number of fused-ring (bicyclic) bond motifs is 1. The van der Waals surface area contributed by atoms with E-state index in [4.69, 9.17) is 0 Å². The lowest BCUT2D eigenvalue weighted by Crippen LogP contribution is -2.14. The standard InChI is InChI=1S/C25H19N3O3/c29-24(14-11-18-7-3-1-4-8-18)27-20-12-13-22-21(15-20)26-17-28(22)23(16-25(30)31)19-9-5-2-6-10-19/h1-10,12-13,15,17,23H,16H2,(H,27,29)(H,30,31). The average molecular weight is 409 g/mol. The normalized spacial score (nSPS) is 11.4. The van der Waals surface area contributed by atoms with E-state index in [0.717, 1.165) is 16.6 Å². The van der Waals surface area contributed by atoms with Crippen LogP contribution in [0.4, 0.5) is 5.69 Å². The van der Waals surface area contributed by atoms with Crippen molar-refractivity contribution in [2.45, 2.75) is 12.5 Å². The summed E-state index contributed by atoms with van der Waals surface area (Å²) in [6.07, 6.45) is 1.56. The van der Waals surface area contributed by atoms with Crippen molar-refractivity contribution < 1.29 is 14.7 Å². The number of aliphatic carboxylic acids is 1. The monoisotopic (exact) mass is 409 g/mol. The second-order valence-electron chi connectivity index (χ2n) is 6.95. The first-order chi connectivity index (χ1) is 15.1. The van der Waals surface area contributed by atoms with Crippen LogP contribution in [0.1, 0.15) is 23.6 Å². The van der Waals surface area contributed by atoms with Crippen molar-refractivity contribution in [1.29, 1.82) is 0 Å². The highest BCUT2D eigenvalue weighted by Crippen LogP contribution is 2.28. The number of carboxylic acids is 1. The third-order valence-corrected chi connectivity index (χ3v) is 4.81. The molecule has 2 N–H and O–H groups in total. The fourth-order valence-corrected chi connectivity index (χ4v) is 3.39. The summed E-state index contributed by atoms with van der Waals surface area (Å²) in [6.45, 7) is 0. The predicted octanol–water partition coefficient (Wildman–Crippen LogP) is 4.09. The number of nitrogens with one attached hydrogen (secondary N) is 1. The Hall–Kier alpha value is -4.37. The van der Waals surface area contributed by atoms with Crippen LogP contribution in [0.25, 0.3) is 11.0 Å². The zero-order chi connectivity index (χ0) is 21.6. The number of aromatic nitrogens is 2. The maximum Gasteiger partial charge on any atom is 0.305 e. The van der Waals surface area contributed by atoms with Crippen molar-refractivity contribution >= 4 is 28.6 Å². The van der Waals surface area contributed by atoms with Gasteiger partial charge in [-0.2, -0.15) is 0 Å². The van der Waals surface area contributed by atoms with E-state index in [1.807, 2.05) is 71.3 Å². The molecule has 152 valence electrons. The number of amides is 1. The van der Waals surface area contributed by atoms with Gasteiger partial charge in [0, 0.05) is 17.2 Å². The molecule has 1 heterocycles. The van der Waals surface area contributed by atoms with Gasteiger partial charge in [-0.3, -0.25) is 9.59 Å². The lowest BCUT2D eigenvalue weighted by molar-refractivity contribution is -0.137. The van der Waals surface area contributed by atoms with E-state index in [1.54, 1.807) is 18.5 Å². The molecular formula is C25H19N3O3. The molecule has 0 fully saturated rings. The molecule has 1 unspecified atom stereocenters. The molecule has 0 bridgehead atoms. The minimum absolute atomic E-state index is 0.0664. The van der Waals surface area contributed by atoms with Crippen LogP contribution in [0.15, 0.2) is 85.2 Å². The molecule has 0 aliphatic heterocycles. The largest absolute Gasteiger partial charge is 0.481 e. The molecule has 0 aliphatic carbocycles. The number of carboxylic acid groups (broad SMARTS) is 1. The maximum absolute atomic E-state index is 12.2. The zero-order valence-corrected chi connectivity index (χ0v) is 16.5. The Bertz CT molecular complexity index is 1290. The summed E-state index contributed by atoms with van der Waals surface area (Å²) in [6, 6.07) is 23.7. The van der Waals surface area contributed by atoms with Crippen molar-refractivity contribution in [3.8, 4) is 11.8 Å². The number of carbonyl (C=O) groups excluding carboxylic acids is 1. The number of benzene rings is 3. The minimum Gasteiger partial charge on any atom is -0.481 e. The number of hydrogen-bond acceptors (Lipinski definition) is 3. The molecule has 0 saturated heterocycles. The molecule has 3 aromatic carbocycles. The van der Waals surface area contributed by atoms with E-state index in [2.05, 4.69) is 22.1 Å². The van der Waals surface area contributed by atoms with Gasteiger partial charge in [-0.15, -0.1) is 0 Å². The molecule has 0 radical (unpaired) electrons. The number of hydrogen-bond donors (Lipinski definition) is 2. The second-order valence-corrected chi connectivity index (χ2v) is 6.95. The molecule has 31 heavy (non-hydrogen) atoms. The SMILES string of the molecule is O=C(O)CC(c1ccccc1)n1cnc2cc(NC(=O)C#Cc3ccccc3)ccc21. The Labute approximate surface area is 179 Å². The van der Waals surface area contributed by atoms with E-state index in [9.17, 15) is 14.7 Å². The van der Waals surface area contributed by atoms with Crippen LogP contribution in [-0.2, 0) is 9.59 Å². The van der Waals surface area contributed by atoms with E-state index in [1.165, 1.54) is 0 Å². The summed E-state index contributed by atoms with van der Waals surface area (Å²) < 4.78 is 1.85. The molecule has 6 nitrogen and oxygen atoms in total. The number of carbonyl (C=O) groups is 2. The molecule has 4 aromatic rings. The number of anilines is 1. The first-order valence-electron chi connectivity index (χ1n) is 9.71. The molecule has 6 heteroatoms. The van der Waals surface area contributed by atoms with Crippen LogP contribution in [0.2, 0.25) is 0 Å². The summed E-state index contributed by atoms with van der Waals surface area (Å²) in [5, 5.41) is 12.1. The lowest BCUT2D eigenvalue weighted by atomic mass is 10.0. The van der Waals surface area contributed by atoms with Crippen molar-refractivity contribution in [3.05, 3.63) is 96.3 Å². The van der Waals surface area contributed by atoms with Gasteiger partial charge < -0.3 is 15.0 Å². The highest BCUT2D eigenvalue weighted by atomic mass is 16.4. The smallest absolute Gasteiger partial charge is 0.305 e. The molecule has 1 aromatic heterocycles. The van der Waals surface area contributed by atoms with Crippen LogP contribution >= 0.6 is 0 Å². The molecule has 0 spiro atoms. The van der Waals surface area contributed by atoms with Gasteiger partial charge in [0.15, 0.2) is 0 Å². The van der Waals surface area contributed by atoms with Gasteiger partial charge in [-0.05, 0) is 35.9 Å². The highest BCUT2D eigenvalue weighted by Gasteiger charge is 2.19. The Morgan fingerprint density at radius 2 is 1.71 bits per heavy atom. The lowest BCUT2D eigenvalue weighted by Gasteiger charge is -2.18. The van der Waals surface area contributed by atoms with E-state index >= 15 is 0 Å². The molecule has 1 atom stereocenters. The van der Waals surface area contributed by atoms with Gasteiger partial charge in [0.05, 0.1) is 29.8 Å². The van der Waals surface area contributed by atoms with Crippen LogP contribution in [0, 0.1) is 11.8 Å². The number of nitrogens with zero attached hydrogens (tertiary/aromatic N) is 2. The quantitative estimate of drug-likeness (QED) is 0.486. The predicted molar refractivity (Wildman–Crippen MR) is 119 cm³/mol. The Balaban J connectivity index is 1.58. The van der Waals surface area contributed by atoms with Crippen molar-refractivity contribution in [2.24, 2.45) is 0 Å². The van der Waals surface area contributed by atoms with Gasteiger partial charge in [0.2, 0.25) is 0 Å². The Morgan fingerprint density at radius 1 is 1.00 bits per heavy atom. The van der Waals surface area contributed by atoms with Gasteiger partial charge in [0.25, 0.3) is 0 Å². The molecule has 4 rings (SSSR count). The van der Waals surface area contributed by atoms with Crippen molar-refractivity contribution in [2.75, 3.05) is 5.32 Å². The average Bonchev–Trinajstić information content (AvgIpc) is 3.20. The molecule has 0 aliphatic rings. The number of imidazole rings is 1. The summed E-state index contributed by atoms with van der Waals surface area (Å²) in [5.41, 5.74) is 3.65. The minimum atomic E-state index is -0.892. The van der Waals surface area contributed by atoms with Gasteiger partial charge in [0.1, 0.15) is 0 Å².